The van der Waals surface area contributed by atoms with Crippen molar-refractivity contribution in [3.8, 4) is 46.0 Å². The number of aryl methyl sites for hydroxylation is 4. The van der Waals surface area contributed by atoms with E-state index in [4.69, 9.17) is 65.0 Å². The number of benzene rings is 9. The number of carbonyl (C=O) groups is 6. The first-order valence-electron chi connectivity index (χ1n) is 41.6. The highest BCUT2D eigenvalue weighted by Gasteiger charge is 2.50. The molecule has 120 heavy (non-hydrogen) atoms. The highest BCUT2D eigenvalue weighted by molar-refractivity contribution is 6.45. The van der Waals surface area contributed by atoms with Crippen molar-refractivity contribution in [2.45, 2.75) is 142 Å². The molecule has 0 saturated carbocycles. The van der Waals surface area contributed by atoms with E-state index in [1.165, 1.54) is 9.80 Å². The number of anilines is 4. The van der Waals surface area contributed by atoms with Gasteiger partial charge in [-0.25, -0.2) is 9.80 Å². The summed E-state index contributed by atoms with van der Waals surface area (Å²) in [6, 6.07) is 46.9. The van der Waals surface area contributed by atoms with Gasteiger partial charge in [0.1, 0.15) is 106 Å². The summed E-state index contributed by atoms with van der Waals surface area (Å²) in [7, 11) is 0. The van der Waals surface area contributed by atoms with Gasteiger partial charge in [0, 0.05) is 107 Å². The van der Waals surface area contributed by atoms with Gasteiger partial charge in [-0.3, -0.25) is 38.6 Å². The molecule has 612 valence electrons. The second-order valence-electron chi connectivity index (χ2n) is 31.0. The summed E-state index contributed by atoms with van der Waals surface area (Å²) < 4.78 is 90.2. The SMILES string of the molecule is CCCc1ccc(Oc2cc3c4c(cc(Oc5ccc(CCC)cc5)c5c6c(Oc7ccc(CCC)cc7)cc7c8c(cc(Oc9ccc(CCC)cc9)c(c2c45)c86)C(=O)N(C(CCOCC)C(=O)N(c2ccc(C4CO4)o2)c2ccc(C4CO4)o2)C7=O)C(=O)N(C(CCOCC)C(=O)N(c2ccc(C4CO4)o2)c2ccc(C4CO4)o2)C3=O)cc1. The van der Waals surface area contributed by atoms with Gasteiger partial charge in [-0.1, -0.05) is 102 Å². The minimum Gasteiger partial charge on any atom is -0.457 e. The van der Waals surface area contributed by atoms with Crippen molar-refractivity contribution < 1.29 is 93.8 Å². The van der Waals surface area contributed by atoms with Crippen LogP contribution in [0.2, 0.25) is 0 Å². The molecule has 24 nitrogen and oxygen atoms in total. The minimum atomic E-state index is -1.63. The maximum Gasteiger partial charge on any atom is 0.262 e. The summed E-state index contributed by atoms with van der Waals surface area (Å²) in [6.45, 7) is 13.9. The molecule has 4 fully saturated rings. The molecule has 6 aliphatic rings. The molecule has 4 saturated heterocycles. The second-order valence-corrected chi connectivity index (χ2v) is 31.0. The van der Waals surface area contributed by atoms with E-state index in [2.05, 4.69) is 27.7 Å². The molecular formula is C96H88N4O20. The van der Waals surface area contributed by atoms with Crippen LogP contribution in [0.15, 0.2) is 188 Å². The van der Waals surface area contributed by atoms with Crippen molar-refractivity contribution in [1.82, 2.24) is 9.80 Å². The Balaban J connectivity index is 0.898. The normalized spacial score (nSPS) is 17.6. The molecule has 9 aromatic carbocycles. The molecule has 10 heterocycles. The standard InChI is InChI=1S/C96H88N4O20/c1-7-13-53-17-25-57(26-18-53)113-71-45-61-83-62(92(102)97(91(61)101)65(41-43-107-11-5)95(105)99(79-37-33-67(117-79)75-49-109-75)80-38-34-68(118-80)76-50-110-76)47-73(115-59-29-21-55(15-9-3)22-30-59)87-88-74(116-60-31-23-56(16-10-4)24-32-60)48-64-84-63(46-72(86(90(84)88)85(71)89(83)87)114-58-27-19-54(14-8-2)20-28-58)93(103)98(94(64)104)66(42-44-108-12-6)96(106)100(81-39-35-69(119-81)77-51-111-77)82-40-36-70(120-82)78-52-112-78/h17-40,45-48,65-66,75-78H,7-16,41-44,49-52H2,1-6H3. The Hall–Kier alpha value is -12.4. The van der Waals surface area contributed by atoms with Gasteiger partial charge in [0.05, 0.1) is 48.7 Å². The molecule has 6 amide bonds. The van der Waals surface area contributed by atoms with Crippen LogP contribution in [0.5, 0.6) is 46.0 Å². The third kappa shape index (κ3) is 14.6. The van der Waals surface area contributed by atoms with E-state index in [9.17, 15) is 0 Å². The molecule has 6 aliphatic heterocycles. The van der Waals surface area contributed by atoms with Gasteiger partial charge in [-0.15, -0.1) is 0 Å². The number of hydrogen-bond donors (Lipinski definition) is 0. The second kappa shape index (κ2) is 32.4. The Morgan fingerprint density at radius 2 is 0.583 bits per heavy atom. The zero-order chi connectivity index (χ0) is 82.1. The van der Waals surface area contributed by atoms with Crippen LogP contribution < -0.4 is 28.7 Å². The predicted octanol–water partition coefficient (Wildman–Crippen LogP) is 20.9. The number of epoxide rings is 4. The lowest BCUT2D eigenvalue weighted by Crippen LogP contribution is -2.54. The molecule has 6 atom stereocenters. The Labute approximate surface area is 690 Å². The largest absolute Gasteiger partial charge is 0.457 e. The summed E-state index contributed by atoms with van der Waals surface area (Å²) in [5.74, 6) is -1.51. The number of hydrogen-bond acceptors (Lipinski definition) is 20. The number of nitrogens with zero attached hydrogens (tertiary/aromatic N) is 4. The van der Waals surface area contributed by atoms with Crippen LogP contribution in [0.25, 0.3) is 43.1 Å². The van der Waals surface area contributed by atoms with Gasteiger partial charge in [-0.05, 0) is 159 Å². The molecule has 0 spiro atoms. The molecule has 0 bridgehead atoms. The van der Waals surface area contributed by atoms with E-state index in [1.807, 2.05) is 111 Å². The zero-order valence-electron chi connectivity index (χ0n) is 67.3. The number of fused-ring (bicyclic) bond motifs is 2. The van der Waals surface area contributed by atoms with Crippen LogP contribution in [0.1, 0.15) is 191 Å². The number of rotatable bonds is 36. The van der Waals surface area contributed by atoms with Gasteiger partial charge < -0.3 is 65.0 Å². The number of amides is 6. The topological polar surface area (TPSA) is 273 Å². The smallest absolute Gasteiger partial charge is 0.262 e. The lowest BCUT2D eigenvalue weighted by Gasteiger charge is -2.37. The number of furan rings is 4. The fraction of sp³-hybridized carbons (Fsp3) is 0.312. The van der Waals surface area contributed by atoms with Crippen LogP contribution in [0.4, 0.5) is 23.5 Å². The Kier molecular flexibility index (Phi) is 20.9. The van der Waals surface area contributed by atoms with Crippen molar-refractivity contribution in [3.63, 3.8) is 0 Å². The molecule has 0 N–H and O–H groups in total. The van der Waals surface area contributed by atoms with E-state index in [-0.39, 0.29) is 176 Å². The van der Waals surface area contributed by atoms with E-state index in [0.29, 0.717) is 72.5 Å². The van der Waals surface area contributed by atoms with Gasteiger partial charge in [0.15, 0.2) is 0 Å². The quantitative estimate of drug-likeness (QED) is 0.0116. The minimum absolute atomic E-state index is 0.0367. The predicted molar refractivity (Wildman–Crippen MR) is 444 cm³/mol. The molecular weight excluding hydrogens is 1530 g/mol. The van der Waals surface area contributed by atoms with Crippen molar-refractivity contribution in [2.75, 3.05) is 62.7 Å². The number of ether oxygens (including phenoxy) is 10. The Morgan fingerprint density at radius 1 is 0.342 bits per heavy atom. The van der Waals surface area contributed by atoms with E-state index < -0.39 is 47.5 Å². The van der Waals surface area contributed by atoms with Crippen molar-refractivity contribution in [1.29, 1.82) is 0 Å². The van der Waals surface area contributed by atoms with Crippen LogP contribution in [0.3, 0.4) is 0 Å². The third-order valence-electron chi connectivity index (χ3n) is 22.8. The van der Waals surface area contributed by atoms with Crippen molar-refractivity contribution in [2.24, 2.45) is 0 Å². The maximum absolute atomic E-state index is 17.0. The monoisotopic (exact) mass is 1620 g/mol. The molecule has 0 radical (unpaired) electrons. The van der Waals surface area contributed by atoms with Crippen LogP contribution in [0, 0.1) is 0 Å². The first-order valence-corrected chi connectivity index (χ1v) is 41.6. The lowest BCUT2D eigenvalue weighted by atomic mass is 9.80. The Bertz CT molecular complexity index is 5420. The number of carbonyl (C=O) groups excluding carboxylic acids is 6. The summed E-state index contributed by atoms with van der Waals surface area (Å²) in [5.41, 5.74) is 3.93. The zero-order valence-corrected chi connectivity index (χ0v) is 67.3. The molecule has 6 unspecified atom stereocenters. The lowest BCUT2D eigenvalue weighted by molar-refractivity contribution is -0.123. The third-order valence-corrected chi connectivity index (χ3v) is 22.8. The number of imide groups is 2. The van der Waals surface area contributed by atoms with Crippen LogP contribution in [-0.4, -0.2) is 110 Å². The summed E-state index contributed by atoms with van der Waals surface area (Å²) in [6.07, 6.45) is 4.67. The van der Waals surface area contributed by atoms with E-state index in [0.717, 1.165) is 83.4 Å². The molecule has 24 heteroatoms. The molecule has 4 aromatic heterocycles. The fourth-order valence-corrected chi connectivity index (χ4v) is 16.7. The van der Waals surface area contributed by atoms with Crippen molar-refractivity contribution in [3.05, 3.63) is 237 Å². The van der Waals surface area contributed by atoms with Crippen LogP contribution >= 0.6 is 0 Å². The molecule has 13 aromatic rings. The summed E-state index contributed by atoms with van der Waals surface area (Å²) in [4.78, 5) is 106. The van der Waals surface area contributed by atoms with Gasteiger partial charge >= 0.3 is 0 Å². The molecule has 0 aliphatic carbocycles. The first kappa shape index (κ1) is 77.5. The average Bonchev–Trinajstić information content (AvgIpc) is 1.28. The van der Waals surface area contributed by atoms with Gasteiger partial charge in [0.2, 0.25) is 23.5 Å². The van der Waals surface area contributed by atoms with E-state index in [1.54, 1.807) is 72.8 Å². The fourth-order valence-electron chi connectivity index (χ4n) is 16.7. The highest BCUT2D eigenvalue weighted by Crippen LogP contribution is 2.59. The van der Waals surface area contributed by atoms with Gasteiger partial charge in [-0.2, -0.15) is 0 Å². The van der Waals surface area contributed by atoms with Crippen molar-refractivity contribution >= 4 is 102 Å². The average molecular weight is 1620 g/mol. The Morgan fingerprint density at radius 3 is 0.800 bits per heavy atom. The highest BCUT2D eigenvalue weighted by atomic mass is 16.6. The molecule has 19 rings (SSSR count). The summed E-state index contributed by atoms with van der Waals surface area (Å²) >= 11 is 0. The van der Waals surface area contributed by atoms with E-state index >= 15 is 28.8 Å². The van der Waals surface area contributed by atoms with Gasteiger partial charge in [0.25, 0.3) is 35.4 Å². The van der Waals surface area contributed by atoms with Crippen LogP contribution in [-0.2, 0) is 63.7 Å². The maximum atomic E-state index is 17.0. The first-order chi connectivity index (χ1) is 58.7. The summed E-state index contributed by atoms with van der Waals surface area (Å²) in [5, 5.41) is 1.80.